The standard InChI is InChI=1S/C27H32F2N6O6S/c1-7-23(36)41-24-19(11-10-12-21(24)40-27(37)33(4)5)31-25-20(16-30-26(32-25)35(8-2)9-3)34(6)42(38,39)22-15-17(28)13-14-18(22)29/h10-16H,7-9H2,1-6H3,(H,30,31,32). The van der Waals surface area contributed by atoms with Gasteiger partial charge in [-0.1, -0.05) is 13.0 Å². The first-order valence-corrected chi connectivity index (χ1v) is 14.3. The molecule has 3 rings (SSSR count). The maximum atomic E-state index is 14.5. The lowest BCUT2D eigenvalue weighted by atomic mass is 10.2. The molecule has 1 amide bonds. The third-order valence-corrected chi connectivity index (χ3v) is 7.76. The molecule has 0 saturated carbocycles. The highest BCUT2D eigenvalue weighted by Crippen LogP contribution is 2.40. The van der Waals surface area contributed by atoms with E-state index in [9.17, 15) is 26.8 Å². The molecule has 226 valence electrons. The predicted molar refractivity (Wildman–Crippen MR) is 153 cm³/mol. The molecule has 42 heavy (non-hydrogen) atoms. The second kappa shape index (κ2) is 13.4. The van der Waals surface area contributed by atoms with Gasteiger partial charge in [-0.15, -0.1) is 0 Å². The van der Waals surface area contributed by atoms with Crippen molar-refractivity contribution in [1.29, 1.82) is 0 Å². The number of ether oxygens (including phenoxy) is 2. The molecule has 12 nitrogen and oxygen atoms in total. The number of carbonyl (C=O) groups is 2. The molecule has 0 bridgehead atoms. The lowest BCUT2D eigenvalue weighted by Crippen LogP contribution is -2.30. The Kier molecular flexibility index (Phi) is 10.2. The van der Waals surface area contributed by atoms with Crippen LogP contribution in [0.4, 0.5) is 36.7 Å². The van der Waals surface area contributed by atoms with Crippen LogP contribution in [0.25, 0.3) is 0 Å². The molecule has 0 aliphatic heterocycles. The number of anilines is 4. The summed E-state index contributed by atoms with van der Waals surface area (Å²) in [5.74, 6) is -2.84. The van der Waals surface area contributed by atoms with Crippen LogP contribution in [0.5, 0.6) is 11.5 Å². The number of nitrogens with one attached hydrogen (secondary N) is 1. The first-order valence-electron chi connectivity index (χ1n) is 12.9. The molecular weight excluding hydrogens is 574 g/mol. The Morgan fingerprint density at radius 2 is 1.69 bits per heavy atom. The van der Waals surface area contributed by atoms with E-state index in [2.05, 4.69) is 15.3 Å². The summed E-state index contributed by atoms with van der Waals surface area (Å²) in [6.45, 7) is 6.37. The van der Waals surface area contributed by atoms with E-state index in [-0.39, 0.29) is 41.1 Å². The Morgan fingerprint density at radius 1 is 1.00 bits per heavy atom. The van der Waals surface area contributed by atoms with Gasteiger partial charge in [0.1, 0.15) is 22.2 Å². The van der Waals surface area contributed by atoms with Crippen molar-refractivity contribution in [3.05, 3.63) is 54.2 Å². The van der Waals surface area contributed by atoms with Crippen LogP contribution in [-0.4, -0.2) is 69.6 Å². The van der Waals surface area contributed by atoms with Crippen molar-refractivity contribution in [2.75, 3.05) is 48.8 Å². The van der Waals surface area contributed by atoms with E-state index < -0.39 is 38.6 Å². The monoisotopic (exact) mass is 606 g/mol. The number of rotatable bonds is 11. The Morgan fingerprint density at radius 3 is 2.31 bits per heavy atom. The number of para-hydroxylation sites is 1. The number of hydrogen-bond acceptors (Lipinski definition) is 10. The smallest absolute Gasteiger partial charge is 0.414 e. The van der Waals surface area contributed by atoms with Gasteiger partial charge in [-0.05, 0) is 44.2 Å². The number of hydrogen-bond donors (Lipinski definition) is 1. The lowest BCUT2D eigenvalue weighted by Gasteiger charge is -2.25. The summed E-state index contributed by atoms with van der Waals surface area (Å²) in [5, 5.41) is 2.95. The lowest BCUT2D eigenvalue weighted by molar-refractivity contribution is -0.134. The van der Waals surface area contributed by atoms with E-state index in [0.717, 1.165) is 13.1 Å². The molecule has 3 aromatic rings. The number of aromatic nitrogens is 2. The van der Waals surface area contributed by atoms with Crippen LogP contribution < -0.4 is 24.0 Å². The van der Waals surface area contributed by atoms with E-state index in [1.807, 2.05) is 13.8 Å². The first-order chi connectivity index (χ1) is 19.8. The number of benzene rings is 2. The molecule has 2 aromatic carbocycles. The topological polar surface area (TPSA) is 134 Å². The normalized spacial score (nSPS) is 11.0. The highest BCUT2D eigenvalue weighted by atomic mass is 32.2. The number of amides is 1. The minimum atomic E-state index is -4.65. The van der Waals surface area contributed by atoms with Crippen LogP contribution in [0, 0.1) is 11.6 Å². The van der Waals surface area contributed by atoms with Crippen LogP contribution in [0.1, 0.15) is 27.2 Å². The summed E-state index contributed by atoms with van der Waals surface area (Å²) in [6, 6.07) is 6.51. The van der Waals surface area contributed by atoms with Gasteiger partial charge in [0.25, 0.3) is 10.0 Å². The molecule has 0 aliphatic carbocycles. The van der Waals surface area contributed by atoms with Crippen molar-refractivity contribution in [3.8, 4) is 11.5 Å². The Balaban J connectivity index is 2.21. The minimum absolute atomic E-state index is 0.000444. The van der Waals surface area contributed by atoms with Gasteiger partial charge in [-0.3, -0.25) is 9.10 Å². The van der Waals surface area contributed by atoms with Gasteiger partial charge in [0.15, 0.2) is 17.3 Å². The quantitative estimate of drug-likeness (QED) is 0.245. The second-order valence-corrected chi connectivity index (χ2v) is 10.9. The summed E-state index contributed by atoms with van der Waals surface area (Å²) in [5.41, 5.74) is -0.0490. The van der Waals surface area contributed by atoms with Gasteiger partial charge in [-0.2, -0.15) is 4.98 Å². The molecule has 0 unspecified atom stereocenters. The fourth-order valence-electron chi connectivity index (χ4n) is 3.60. The molecule has 0 saturated heterocycles. The predicted octanol–water partition coefficient (Wildman–Crippen LogP) is 4.55. The van der Waals surface area contributed by atoms with Gasteiger partial charge < -0.3 is 24.6 Å². The SMILES string of the molecule is CCC(=O)Oc1c(Nc2nc(N(CC)CC)ncc2N(C)S(=O)(=O)c2cc(F)ccc2F)cccc1OC(=O)N(C)C. The molecule has 0 fully saturated rings. The molecule has 0 spiro atoms. The van der Waals surface area contributed by atoms with Crippen molar-refractivity contribution in [2.24, 2.45) is 0 Å². The number of esters is 1. The number of nitrogens with zero attached hydrogens (tertiary/aromatic N) is 5. The Hall–Kier alpha value is -4.53. The van der Waals surface area contributed by atoms with Crippen molar-refractivity contribution < 1.29 is 36.3 Å². The highest BCUT2D eigenvalue weighted by Gasteiger charge is 2.29. The first kappa shape index (κ1) is 32.0. The van der Waals surface area contributed by atoms with Crippen molar-refractivity contribution in [1.82, 2.24) is 14.9 Å². The minimum Gasteiger partial charge on any atom is -0.420 e. The highest BCUT2D eigenvalue weighted by molar-refractivity contribution is 7.92. The van der Waals surface area contributed by atoms with E-state index in [0.29, 0.717) is 29.5 Å². The molecule has 0 atom stereocenters. The second-order valence-electron chi connectivity index (χ2n) is 8.97. The molecule has 0 radical (unpaired) electrons. The van der Waals surface area contributed by atoms with Gasteiger partial charge in [0.2, 0.25) is 5.95 Å². The molecule has 1 heterocycles. The number of carbonyl (C=O) groups excluding carboxylic acids is 2. The molecule has 0 aliphatic rings. The maximum Gasteiger partial charge on any atom is 0.414 e. The Labute approximate surface area is 242 Å². The summed E-state index contributed by atoms with van der Waals surface area (Å²) in [6.07, 6.45) is 0.474. The summed E-state index contributed by atoms with van der Waals surface area (Å²) in [4.78, 5) is 35.5. The zero-order valence-corrected chi connectivity index (χ0v) is 24.8. The molecular formula is C27H32F2N6O6S. The summed E-state index contributed by atoms with van der Waals surface area (Å²) >= 11 is 0. The maximum absolute atomic E-state index is 14.5. The zero-order valence-electron chi connectivity index (χ0n) is 24.0. The molecule has 1 N–H and O–H groups in total. The van der Waals surface area contributed by atoms with Crippen LogP contribution in [0.3, 0.4) is 0 Å². The van der Waals surface area contributed by atoms with Crippen molar-refractivity contribution in [3.63, 3.8) is 0 Å². The third-order valence-electron chi connectivity index (χ3n) is 5.97. The summed E-state index contributed by atoms with van der Waals surface area (Å²) < 4.78 is 66.9. The van der Waals surface area contributed by atoms with Crippen LogP contribution in [0.15, 0.2) is 47.5 Å². The number of sulfonamides is 1. The average molecular weight is 607 g/mol. The van der Waals surface area contributed by atoms with E-state index in [4.69, 9.17) is 9.47 Å². The van der Waals surface area contributed by atoms with E-state index in [1.165, 1.54) is 43.4 Å². The Bertz CT molecular complexity index is 1570. The van der Waals surface area contributed by atoms with Gasteiger partial charge in [0, 0.05) is 40.7 Å². The van der Waals surface area contributed by atoms with Crippen molar-refractivity contribution in [2.45, 2.75) is 32.1 Å². The fraction of sp³-hybridized carbons (Fsp3) is 0.333. The van der Waals surface area contributed by atoms with E-state index >= 15 is 0 Å². The van der Waals surface area contributed by atoms with E-state index in [1.54, 1.807) is 11.8 Å². The molecule has 1 aromatic heterocycles. The summed E-state index contributed by atoms with van der Waals surface area (Å²) in [7, 11) is -0.566. The average Bonchev–Trinajstić information content (AvgIpc) is 2.96. The largest absolute Gasteiger partial charge is 0.420 e. The van der Waals surface area contributed by atoms with Crippen LogP contribution in [0.2, 0.25) is 0 Å². The van der Waals surface area contributed by atoms with Crippen LogP contribution >= 0.6 is 0 Å². The fourth-order valence-corrected chi connectivity index (χ4v) is 4.86. The number of halogens is 2. The van der Waals surface area contributed by atoms with Gasteiger partial charge in [-0.25, -0.2) is 27.0 Å². The molecule has 15 heteroatoms. The van der Waals surface area contributed by atoms with Gasteiger partial charge >= 0.3 is 12.1 Å². The van der Waals surface area contributed by atoms with Crippen molar-refractivity contribution >= 4 is 45.2 Å². The van der Waals surface area contributed by atoms with Crippen LogP contribution in [-0.2, 0) is 14.8 Å². The van der Waals surface area contributed by atoms with Gasteiger partial charge in [0.05, 0.1) is 11.9 Å². The zero-order chi connectivity index (χ0) is 31.2. The third kappa shape index (κ3) is 7.02.